The number of carbonyl (C=O) groups is 2. The molecule has 0 spiro atoms. The van der Waals surface area contributed by atoms with Gasteiger partial charge in [-0.05, 0) is 36.5 Å². The molecule has 2 aromatic carbocycles. The lowest BCUT2D eigenvalue weighted by molar-refractivity contribution is -0.142. The summed E-state index contributed by atoms with van der Waals surface area (Å²) in [6.07, 6.45) is 5.50. The fourth-order valence-corrected chi connectivity index (χ4v) is 4.96. The van der Waals surface area contributed by atoms with E-state index < -0.39 is 29.9 Å². The van der Waals surface area contributed by atoms with E-state index in [-0.39, 0.29) is 18.1 Å². The number of benzene rings is 2. The number of aromatic hydroxyl groups is 1. The number of hydrogen-bond acceptors (Lipinski definition) is 4. The molecular formula is C26H30N2O5. The Morgan fingerprint density at radius 1 is 1.03 bits per heavy atom. The van der Waals surface area contributed by atoms with E-state index in [2.05, 4.69) is 10.3 Å². The van der Waals surface area contributed by atoms with Crippen molar-refractivity contribution in [3.63, 3.8) is 0 Å². The Morgan fingerprint density at radius 2 is 1.73 bits per heavy atom. The number of amides is 1. The summed E-state index contributed by atoms with van der Waals surface area (Å²) in [5.41, 5.74) is 1.98. The van der Waals surface area contributed by atoms with Crippen molar-refractivity contribution in [1.82, 2.24) is 10.3 Å². The molecule has 1 fully saturated rings. The Bertz CT molecular complexity index is 1120. The van der Waals surface area contributed by atoms with Gasteiger partial charge in [0.05, 0.1) is 12.0 Å². The molecule has 0 aliphatic heterocycles. The third kappa shape index (κ3) is 5.03. The lowest BCUT2D eigenvalue weighted by atomic mass is 9.77. The van der Waals surface area contributed by atoms with Crippen molar-refractivity contribution in [1.29, 1.82) is 0 Å². The molecule has 3 atom stereocenters. The van der Waals surface area contributed by atoms with Crippen LogP contribution in [0.3, 0.4) is 0 Å². The number of phenolic OH excluding ortho intramolecular Hbond substituents is 1. The van der Waals surface area contributed by atoms with E-state index in [0.29, 0.717) is 5.56 Å². The number of carboxylic acid groups (broad SMARTS) is 1. The van der Waals surface area contributed by atoms with Crippen LogP contribution in [0.2, 0.25) is 0 Å². The molecule has 1 heterocycles. The van der Waals surface area contributed by atoms with Gasteiger partial charge in [0.2, 0.25) is 5.91 Å². The number of phenols is 1. The Balaban J connectivity index is 1.60. The van der Waals surface area contributed by atoms with Crippen LogP contribution in [0.1, 0.15) is 49.1 Å². The second-order valence-corrected chi connectivity index (χ2v) is 8.89. The summed E-state index contributed by atoms with van der Waals surface area (Å²) >= 11 is 0. The number of aliphatic carboxylic acids is 1. The topological polar surface area (TPSA) is 123 Å². The molecule has 1 aromatic heterocycles. The van der Waals surface area contributed by atoms with E-state index in [9.17, 15) is 24.9 Å². The third-order valence-electron chi connectivity index (χ3n) is 6.74. The number of carboxylic acids is 1. The average molecular weight is 451 g/mol. The number of rotatable bonds is 8. The Hall–Kier alpha value is -3.32. The van der Waals surface area contributed by atoms with Crippen LogP contribution in [0.4, 0.5) is 0 Å². The molecule has 0 bridgehead atoms. The number of aliphatic hydroxyl groups excluding tert-OH is 1. The summed E-state index contributed by atoms with van der Waals surface area (Å²) in [4.78, 5) is 28.6. The first-order valence-corrected chi connectivity index (χ1v) is 11.5. The summed E-state index contributed by atoms with van der Waals surface area (Å²) < 4.78 is 0. The van der Waals surface area contributed by atoms with Crippen LogP contribution < -0.4 is 5.32 Å². The Labute approximate surface area is 192 Å². The molecule has 1 amide bonds. The van der Waals surface area contributed by atoms with E-state index in [4.69, 9.17) is 0 Å². The van der Waals surface area contributed by atoms with Crippen LogP contribution in [-0.4, -0.2) is 44.3 Å². The molecule has 1 aliphatic rings. The summed E-state index contributed by atoms with van der Waals surface area (Å²) in [6, 6.07) is 12.8. The largest absolute Gasteiger partial charge is 0.508 e. The van der Waals surface area contributed by atoms with Gasteiger partial charge >= 0.3 is 5.97 Å². The minimum Gasteiger partial charge on any atom is -0.508 e. The summed E-state index contributed by atoms with van der Waals surface area (Å²) in [7, 11) is 0. The maximum atomic E-state index is 13.4. The molecule has 7 heteroatoms. The molecule has 0 unspecified atom stereocenters. The van der Waals surface area contributed by atoms with E-state index in [1.54, 1.807) is 24.4 Å². The van der Waals surface area contributed by atoms with E-state index in [1.807, 2.05) is 24.3 Å². The first kappa shape index (κ1) is 22.9. The van der Waals surface area contributed by atoms with Gasteiger partial charge in [-0.3, -0.25) is 4.79 Å². The number of nitrogens with one attached hydrogen (secondary N) is 2. The minimum absolute atomic E-state index is 0.0778. The predicted molar refractivity (Wildman–Crippen MR) is 125 cm³/mol. The van der Waals surface area contributed by atoms with Gasteiger partial charge in [0.1, 0.15) is 11.8 Å². The molecule has 7 nitrogen and oxygen atoms in total. The number of para-hydroxylation sites is 2. The fraction of sp³-hybridized carbons (Fsp3) is 0.385. The number of fused-ring (bicyclic) bond motifs is 1. The second kappa shape index (κ2) is 10.1. The van der Waals surface area contributed by atoms with Crippen molar-refractivity contribution in [2.75, 3.05) is 0 Å². The van der Waals surface area contributed by atoms with Gasteiger partial charge in [0.25, 0.3) is 0 Å². The molecule has 0 saturated heterocycles. The Morgan fingerprint density at radius 3 is 2.45 bits per heavy atom. The van der Waals surface area contributed by atoms with Gasteiger partial charge in [0.15, 0.2) is 0 Å². The predicted octanol–water partition coefficient (Wildman–Crippen LogP) is 3.71. The zero-order chi connectivity index (χ0) is 23.4. The maximum absolute atomic E-state index is 13.4. The van der Waals surface area contributed by atoms with E-state index in [0.717, 1.165) is 48.6 Å². The monoisotopic (exact) mass is 450 g/mol. The second-order valence-electron chi connectivity index (χ2n) is 8.89. The van der Waals surface area contributed by atoms with Crippen LogP contribution in [-0.2, 0) is 16.0 Å². The number of aromatic nitrogens is 1. The molecule has 33 heavy (non-hydrogen) atoms. The highest BCUT2D eigenvalue weighted by Gasteiger charge is 2.37. The number of aromatic amines is 1. The van der Waals surface area contributed by atoms with Crippen molar-refractivity contribution in [3.05, 3.63) is 65.9 Å². The van der Waals surface area contributed by atoms with Crippen LogP contribution >= 0.6 is 0 Å². The van der Waals surface area contributed by atoms with Gasteiger partial charge in [-0.2, -0.15) is 0 Å². The third-order valence-corrected chi connectivity index (χ3v) is 6.74. The van der Waals surface area contributed by atoms with Gasteiger partial charge in [0, 0.05) is 29.1 Å². The minimum atomic E-state index is -1.18. The lowest BCUT2D eigenvalue weighted by Gasteiger charge is -2.32. The summed E-state index contributed by atoms with van der Waals surface area (Å²) in [5, 5.41) is 35.0. The number of hydrogen-bond donors (Lipinski definition) is 5. The van der Waals surface area contributed by atoms with Crippen LogP contribution in [0.15, 0.2) is 54.7 Å². The van der Waals surface area contributed by atoms with E-state index in [1.165, 1.54) is 6.07 Å². The SMILES string of the molecule is O=C(O)[C@H](Cc1c[nH]c2ccccc12)NC(=O)[C@H](c1ccccc1O)[C@H](O)C1CCCCC1. The highest BCUT2D eigenvalue weighted by molar-refractivity contribution is 5.90. The van der Waals surface area contributed by atoms with E-state index >= 15 is 0 Å². The highest BCUT2D eigenvalue weighted by Crippen LogP contribution is 2.36. The molecular weight excluding hydrogens is 420 g/mol. The van der Waals surface area contributed by atoms with Crippen LogP contribution in [0, 0.1) is 5.92 Å². The van der Waals surface area contributed by atoms with Gasteiger partial charge in [-0.1, -0.05) is 55.7 Å². The average Bonchev–Trinajstić information content (AvgIpc) is 3.23. The van der Waals surface area contributed by atoms with Crippen molar-refractivity contribution in [2.45, 2.75) is 56.6 Å². The van der Waals surface area contributed by atoms with Crippen LogP contribution in [0.25, 0.3) is 10.9 Å². The fourth-order valence-electron chi connectivity index (χ4n) is 4.96. The van der Waals surface area contributed by atoms with Gasteiger partial charge in [-0.15, -0.1) is 0 Å². The molecule has 5 N–H and O–H groups in total. The van der Waals surface area contributed by atoms with Gasteiger partial charge in [-0.25, -0.2) is 4.79 Å². The Kier molecular flexibility index (Phi) is 6.99. The lowest BCUT2D eigenvalue weighted by Crippen LogP contribution is -2.47. The van der Waals surface area contributed by atoms with Gasteiger partial charge < -0.3 is 25.6 Å². The molecule has 1 saturated carbocycles. The molecule has 3 aromatic rings. The van der Waals surface area contributed by atoms with Crippen molar-refractivity contribution in [2.24, 2.45) is 5.92 Å². The highest BCUT2D eigenvalue weighted by atomic mass is 16.4. The summed E-state index contributed by atoms with van der Waals surface area (Å²) in [5.74, 6) is -2.97. The zero-order valence-corrected chi connectivity index (χ0v) is 18.4. The normalized spacial score (nSPS) is 17.4. The summed E-state index contributed by atoms with van der Waals surface area (Å²) in [6.45, 7) is 0. The standard InChI is InChI=1S/C26H30N2O5/c29-22-13-7-5-11-19(22)23(24(30)16-8-2-1-3-9-16)25(31)28-21(26(32)33)14-17-15-27-20-12-6-4-10-18(17)20/h4-7,10-13,15-16,21,23-24,27,29-30H,1-3,8-9,14H2,(H,28,31)(H,32,33)/t21-,23+,24+/m0/s1. The number of aliphatic hydroxyl groups is 1. The maximum Gasteiger partial charge on any atom is 0.326 e. The number of carbonyl (C=O) groups excluding carboxylic acids is 1. The first-order valence-electron chi connectivity index (χ1n) is 11.5. The number of H-pyrrole nitrogens is 1. The quantitative estimate of drug-likeness (QED) is 0.358. The molecule has 4 rings (SSSR count). The molecule has 0 radical (unpaired) electrons. The zero-order valence-electron chi connectivity index (χ0n) is 18.4. The molecule has 1 aliphatic carbocycles. The van der Waals surface area contributed by atoms with Crippen molar-refractivity contribution < 1.29 is 24.9 Å². The van der Waals surface area contributed by atoms with Crippen molar-refractivity contribution >= 4 is 22.8 Å². The smallest absolute Gasteiger partial charge is 0.326 e. The molecule has 174 valence electrons. The first-order chi connectivity index (χ1) is 16.0. The van der Waals surface area contributed by atoms with Crippen molar-refractivity contribution in [3.8, 4) is 5.75 Å². The van der Waals surface area contributed by atoms with Crippen LogP contribution in [0.5, 0.6) is 5.75 Å².